The third-order valence-corrected chi connectivity index (χ3v) is 3.70. The largest absolute Gasteiger partial charge is 0.455 e. The Morgan fingerprint density at radius 2 is 2.19 bits per heavy atom. The summed E-state index contributed by atoms with van der Waals surface area (Å²) in [5, 5.41) is 2.69. The van der Waals surface area contributed by atoms with Crippen molar-refractivity contribution in [2.75, 3.05) is 0 Å². The molecule has 1 fully saturated rings. The first-order chi connectivity index (χ1) is 7.38. The fourth-order valence-electron chi connectivity index (χ4n) is 1.30. The van der Waals surface area contributed by atoms with Crippen LogP contribution in [0.1, 0.15) is 29.2 Å². The summed E-state index contributed by atoms with van der Waals surface area (Å²) in [5.74, 6) is -0.309. The smallest absolute Gasteiger partial charge is 0.287 e. The number of hydrogen-bond donors (Lipinski definition) is 1. The molecule has 0 atom stereocenters. The molecular formula is C9H10ClNO4S. The highest BCUT2D eigenvalue weighted by atomic mass is 35.7. The molecule has 1 aromatic heterocycles. The molecule has 7 heteroatoms. The summed E-state index contributed by atoms with van der Waals surface area (Å²) >= 11 is 0. The average molecular weight is 264 g/mol. The van der Waals surface area contributed by atoms with Gasteiger partial charge in [0.25, 0.3) is 15.0 Å². The van der Waals surface area contributed by atoms with E-state index in [2.05, 4.69) is 5.32 Å². The van der Waals surface area contributed by atoms with Crippen LogP contribution in [0.5, 0.6) is 0 Å². The number of hydrogen-bond acceptors (Lipinski definition) is 4. The van der Waals surface area contributed by atoms with E-state index in [0.29, 0.717) is 0 Å². The van der Waals surface area contributed by atoms with Crippen molar-refractivity contribution in [1.29, 1.82) is 0 Å². The van der Waals surface area contributed by atoms with Crippen LogP contribution in [0.4, 0.5) is 0 Å². The van der Waals surface area contributed by atoms with Gasteiger partial charge in [-0.1, -0.05) is 0 Å². The molecule has 0 unspecified atom stereocenters. The number of furan rings is 1. The fourth-order valence-corrected chi connectivity index (χ4v) is 2.40. The molecule has 1 aliphatic carbocycles. The first-order valence-electron chi connectivity index (χ1n) is 4.74. The Bertz CT molecular complexity index is 530. The Labute approximate surface area is 97.2 Å². The summed E-state index contributed by atoms with van der Waals surface area (Å²) in [6, 6.07) is 1.34. The molecular weight excluding hydrogens is 254 g/mol. The van der Waals surface area contributed by atoms with Gasteiger partial charge in [0.15, 0.2) is 5.76 Å². The second kappa shape index (κ2) is 3.78. The van der Waals surface area contributed by atoms with E-state index in [1.807, 2.05) is 0 Å². The van der Waals surface area contributed by atoms with Crippen molar-refractivity contribution in [2.24, 2.45) is 0 Å². The van der Waals surface area contributed by atoms with E-state index in [-0.39, 0.29) is 22.5 Å². The van der Waals surface area contributed by atoms with Crippen LogP contribution < -0.4 is 5.32 Å². The SMILES string of the molecule is Cc1oc(C(=O)NC2CC2)cc1S(=O)(=O)Cl. The lowest BCUT2D eigenvalue weighted by atomic mass is 10.4. The van der Waals surface area contributed by atoms with Gasteiger partial charge in [-0.05, 0) is 19.8 Å². The highest BCUT2D eigenvalue weighted by Gasteiger charge is 2.27. The van der Waals surface area contributed by atoms with Crippen LogP contribution in [0.15, 0.2) is 15.4 Å². The lowest BCUT2D eigenvalue weighted by molar-refractivity contribution is 0.0922. The lowest BCUT2D eigenvalue weighted by Crippen LogP contribution is -2.24. The monoisotopic (exact) mass is 263 g/mol. The van der Waals surface area contributed by atoms with Crippen LogP contribution >= 0.6 is 10.7 Å². The van der Waals surface area contributed by atoms with Crippen LogP contribution in [0.3, 0.4) is 0 Å². The summed E-state index contributed by atoms with van der Waals surface area (Å²) < 4.78 is 27.3. The molecule has 1 amide bonds. The number of carbonyl (C=O) groups is 1. The van der Waals surface area contributed by atoms with Crippen LogP contribution in [-0.4, -0.2) is 20.4 Å². The summed E-state index contributed by atoms with van der Waals surface area (Å²) in [6.07, 6.45) is 1.90. The van der Waals surface area contributed by atoms with E-state index in [4.69, 9.17) is 15.1 Å². The van der Waals surface area contributed by atoms with E-state index in [1.54, 1.807) is 0 Å². The molecule has 1 N–H and O–H groups in total. The zero-order valence-corrected chi connectivity index (χ0v) is 10.1. The van der Waals surface area contributed by atoms with Gasteiger partial charge in [0.05, 0.1) is 0 Å². The van der Waals surface area contributed by atoms with E-state index in [1.165, 1.54) is 6.92 Å². The Hall–Kier alpha value is -1.01. The summed E-state index contributed by atoms with van der Waals surface area (Å²) in [7, 11) is 1.32. The fraction of sp³-hybridized carbons (Fsp3) is 0.444. The number of aryl methyl sites for hydroxylation is 1. The molecule has 1 heterocycles. The molecule has 0 saturated heterocycles. The lowest BCUT2D eigenvalue weighted by Gasteiger charge is -1.97. The zero-order valence-electron chi connectivity index (χ0n) is 8.49. The van der Waals surface area contributed by atoms with Crippen molar-refractivity contribution in [1.82, 2.24) is 5.32 Å². The maximum Gasteiger partial charge on any atom is 0.287 e. The van der Waals surface area contributed by atoms with Crippen molar-refractivity contribution in [2.45, 2.75) is 30.7 Å². The van der Waals surface area contributed by atoms with Gasteiger partial charge in [-0.25, -0.2) is 8.42 Å². The second-order valence-electron chi connectivity index (χ2n) is 3.72. The molecule has 0 radical (unpaired) electrons. The van der Waals surface area contributed by atoms with Crippen molar-refractivity contribution in [3.05, 3.63) is 17.6 Å². The standard InChI is InChI=1S/C9H10ClNO4S/c1-5-8(16(10,13)14)4-7(15-5)9(12)11-6-2-3-6/h4,6H,2-3H2,1H3,(H,11,12). The minimum Gasteiger partial charge on any atom is -0.455 e. The predicted octanol–water partition coefficient (Wildman–Crippen LogP) is 1.41. The van der Waals surface area contributed by atoms with Gasteiger partial charge in [0.1, 0.15) is 10.7 Å². The summed E-state index contributed by atoms with van der Waals surface area (Å²) in [5.41, 5.74) is 0. The average Bonchev–Trinajstić information content (AvgIpc) is 2.84. The Balaban J connectivity index is 2.26. The Kier molecular flexibility index (Phi) is 2.71. The maximum absolute atomic E-state index is 11.5. The van der Waals surface area contributed by atoms with Crippen LogP contribution in [0.2, 0.25) is 0 Å². The molecule has 5 nitrogen and oxygen atoms in total. The minimum atomic E-state index is -3.86. The molecule has 1 saturated carbocycles. The van der Waals surface area contributed by atoms with E-state index >= 15 is 0 Å². The zero-order chi connectivity index (χ0) is 11.9. The highest BCUT2D eigenvalue weighted by molar-refractivity contribution is 8.13. The van der Waals surface area contributed by atoms with Crippen molar-refractivity contribution < 1.29 is 17.6 Å². The highest BCUT2D eigenvalue weighted by Crippen LogP contribution is 2.24. The molecule has 0 aliphatic heterocycles. The Morgan fingerprint density at radius 3 is 2.62 bits per heavy atom. The van der Waals surface area contributed by atoms with Crippen molar-refractivity contribution in [3.8, 4) is 0 Å². The minimum absolute atomic E-state index is 0.0244. The third-order valence-electron chi connectivity index (χ3n) is 2.27. The second-order valence-corrected chi connectivity index (χ2v) is 6.25. The van der Waals surface area contributed by atoms with Crippen LogP contribution in [0, 0.1) is 6.92 Å². The molecule has 0 aromatic carbocycles. The number of carbonyl (C=O) groups excluding carboxylic acids is 1. The number of rotatable bonds is 3. The van der Waals surface area contributed by atoms with E-state index < -0.39 is 15.0 Å². The third kappa shape index (κ3) is 2.38. The predicted molar refractivity (Wildman–Crippen MR) is 57.0 cm³/mol. The van der Waals surface area contributed by atoms with Gasteiger partial charge in [-0.2, -0.15) is 0 Å². The summed E-state index contributed by atoms with van der Waals surface area (Å²) in [6.45, 7) is 1.45. The number of nitrogens with one attached hydrogen (secondary N) is 1. The maximum atomic E-state index is 11.5. The molecule has 1 aliphatic rings. The van der Waals surface area contributed by atoms with E-state index in [0.717, 1.165) is 18.9 Å². The first kappa shape index (κ1) is 11.5. The number of halogens is 1. The van der Waals surface area contributed by atoms with Crippen LogP contribution in [0.25, 0.3) is 0 Å². The normalized spacial score (nSPS) is 16.1. The quantitative estimate of drug-likeness (QED) is 0.837. The number of amides is 1. The Morgan fingerprint density at radius 1 is 1.56 bits per heavy atom. The first-order valence-corrected chi connectivity index (χ1v) is 7.05. The molecule has 88 valence electrons. The molecule has 2 rings (SSSR count). The molecule has 0 spiro atoms. The van der Waals surface area contributed by atoms with Gasteiger partial charge in [-0.3, -0.25) is 4.79 Å². The molecule has 16 heavy (non-hydrogen) atoms. The van der Waals surface area contributed by atoms with Gasteiger partial charge >= 0.3 is 0 Å². The summed E-state index contributed by atoms with van der Waals surface area (Å²) in [4.78, 5) is 11.4. The molecule has 0 bridgehead atoms. The van der Waals surface area contributed by atoms with Gasteiger partial charge in [0, 0.05) is 22.8 Å². The van der Waals surface area contributed by atoms with Crippen LogP contribution in [-0.2, 0) is 9.05 Å². The van der Waals surface area contributed by atoms with Crippen molar-refractivity contribution >= 4 is 25.6 Å². The van der Waals surface area contributed by atoms with Gasteiger partial charge < -0.3 is 9.73 Å². The van der Waals surface area contributed by atoms with E-state index in [9.17, 15) is 13.2 Å². The molecule has 1 aromatic rings. The van der Waals surface area contributed by atoms with Crippen molar-refractivity contribution in [3.63, 3.8) is 0 Å². The van der Waals surface area contributed by atoms with Gasteiger partial charge in [-0.15, -0.1) is 0 Å². The van der Waals surface area contributed by atoms with Gasteiger partial charge in [0.2, 0.25) is 0 Å². The topological polar surface area (TPSA) is 76.4 Å².